The van der Waals surface area contributed by atoms with Crippen molar-refractivity contribution in [1.29, 1.82) is 0 Å². The van der Waals surface area contributed by atoms with Gasteiger partial charge in [0, 0.05) is 17.8 Å². The van der Waals surface area contributed by atoms with Crippen molar-refractivity contribution in [3.05, 3.63) is 29.8 Å². The van der Waals surface area contributed by atoms with Crippen molar-refractivity contribution >= 4 is 17.4 Å². The minimum absolute atomic E-state index is 0.00655. The Balaban J connectivity index is 1.72. The molecule has 0 bridgehead atoms. The van der Waals surface area contributed by atoms with E-state index in [9.17, 15) is 9.59 Å². The molecule has 0 aromatic heterocycles. The van der Waals surface area contributed by atoms with E-state index in [-0.39, 0.29) is 11.7 Å². The van der Waals surface area contributed by atoms with E-state index in [0.29, 0.717) is 17.8 Å². The molecule has 0 atom stereocenters. The molecule has 0 unspecified atom stereocenters. The number of carbonyl (C=O) groups excluding carboxylic acids is 2. The number of likely N-dealkylation sites (tertiary alicyclic amines) is 1. The highest BCUT2D eigenvalue weighted by Crippen LogP contribution is 2.18. The summed E-state index contributed by atoms with van der Waals surface area (Å²) in [7, 11) is 2.21. The first-order valence-electron chi connectivity index (χ1n) is 9.79. The van der Waals surface area contributed by atoms with Crippen LogP contribution in [0.4, 0.5) is 5.69 Å². The number of amides is 1. The molecule has 1 aromatic rings. The predicted molar refractivity (Wildman–Crippen MR) is 107 cm³/mol. The topological polar surface area (TPSA) is 52.6 Å². The summed E-state index contributed by atoms with van der Waals surface area (Å²) in [5.74, 6) is 0.736. The molecule has 144 valence electrons. The van der Waals surface area contributed by atoms with Gasteiger partial charge in [-0.15, -0.1) is 0 Å². The second-order valence-electron chi connectivity index (χ2n) is 7.52. The van der Waals surface area contributed by atoms with Crippen molar-refractivity contribution in [2.45, 2.75) is 39.5 Å². The Morgan fingerprint density at radius 3 is 2.65 bits per heavy atom. The molecule has 1 aliphatic heterocycles. The molecule has 1 aromatic carbocycles. The van der Waals surface area contributed by atoms with E-state index in [1.54, 1.807) is 18.2 Å². The number of piperidine rings is 1. The minimum Gasteiger partial charge on any atom is -0.325 e. The average Bonchev–Trinajstić information content (AvgIpc) is 2.61. The highest BCUT2D eigenvalue weighted by atomic mass is 16.2. The second kappa shape index (κ2) is 10.4. The summed E-state index contributed by atoms with van der Waals surface area (Å²) >= 11 is 0. The van der Waals surface area contributed by atoms with Crippen LogP contribution in [0, 0.1) is 5.92 Å². The number of rotatable bonds is 9. The number of nitrogens with one attached hydrogen (secondary N) is 1. The number of carbonyl (C=O) groups is 2. The van der Waals surface area contributed by atoms with Gasteiger partial charge in [0.1, 0.15) is 0 Å². The summed E-state index contributed by atoms with van der Waals surface area (Å²) in [4.78, 5) is 28.4. The van der Waals surface area contributed by atoms with Crippen molar-refractivity contribution < 1.29 is 9.59 Å². The van der Waals surface area contributed by atoms with Crippen molar-refractivity contribution in [1.82, 2.24) is 9.80 Å². The quantitative estimate of drug-likeness (QED) is 0.688. The Hall–Kier alpha value is -1.72. The van der Waals surface area contributed by atoms with Crippen LogP contribution in [0.1, 0.15) is 49.9 Å². The first kappa shape index (κ1) is 20.6. The zero-order chi connectivity index (χ0) is 18.9. The molecule has 5 heteroatoms. The normalized spacial score (nSPS) is 16.0. The van der Waals surface area contributed by atoms with Crippen LogP contribution in [-0.4, -0.2) is 61.3 Å². The van der Waals surface area contributed by atoms with E-state index >= 15 is 0 Å². The zero-order valence-electron chi connectivity index (χ0n) is 16.5. The van der Waals surface area contributed by atoms with Crippen LogP contribution in [0.5, 0.6) is 0 Å². The van der Waals surface area contributed by atoms with Crippen LogP contribution in [0.25, 0.3) is 0 Å². The highest BCUT2D eigenvalue weighted by molar-refractivity contribution is 5.97. The van der Waals surface area contributed by atoms with Crippen molar-refractivity contribution in [3.63, 3.8) is 0 Å². The Morgan fingerprint density at radius 1 is 1.27 bits per heavy atom. The van der Waals surface area contributed by atoms with Gasteiger partial charge in [0.15, 0.2) is 5.78 Å². The maximum Gasteiger partial charge on any atom is 0.238 e. The van der Waals surface area contributed by atoms with Crippen LogP contribution in [-0.2, 0) is 4.79 Å². The third-order valence-corrected chi connectivity index (χ3v) is 5.09. The molecule has 1 N–H and O–H groups in total. The molecule has 1 heterocycles. The summed E-state index contributed by atoms with van der Waals surface area (Å²) in [6.45, 7) is 8.48. The van der Waals surface area contributed by atoms with Gasteiger partial charge in [0.05, 0.1) is 6.54 Å². The molecule has 1 aliphatic rings. The molecule has 1 fully saturated rings. The van der Waals surface area contributed by atoms with Crippen LogP contribution >= 0.6 is 0 Å². The van der Waals surface area contributed by atoms with Gasteiger partial charge < -0.3 is 10.2 Å². The summed E-state index contributed by atoms with van der Waals surface area (Å²) in [5, 5.41) is 2.91. The van der Waals surface area contributed by atoms with Gasteiger partial charge in [-0.25, -0.2) is 0 Å². The summed E-state index contributed by atoms with van der Waals surface area (Å²) in [6.07, 6.45) is 4.82. The fraction of sp³-hybridized carbons (Fsp3) is 0.619. The molecular formula is C21H33N3O2. The smallest absolute Gasteiger partial charge is 0.238 e. The van der Waals surface area contributed by atoms with Crippen LogP contribution in [0.2, 0.25) is 0 Å². The number of anilines is 1. The van der Waals surface area contributed by atoms with E-state index in [1.165, 1.54) is 26.3 Å². The predicted octanol–water partition coefficient (Wildman–Crippen LogP) is 3.27. The van der Waals surface area contributed by atoms with Crippen LogP contribution in [0.3, 0.4) is 0 Å². The number of benzene rings is 1. The molecular weight excluding hydrogens is 326 g/mol. The largest absolute Gasteiger partial charge is 0.325 e. The molecule has 0 spiro atoms. The number of hydrogen-bond donors (Lipinski definition) is 1. The van der Waals surface area contributed by atoms with Gasteiger partial charge >= 0.3 is 0 Å². The standard InChI is InChI=1S/C21H33N3O2/c1-4-5-11-23(3)15-18-9-12-24(13-10-18)16-21(26)22-20-8-6-7-19(14-20)17(2)25/h6-8,14,18H,4-5,9-13,15-16H2,1-3H3,(H,22,26). The van der Waals surface area contributed by atoms with E-state index < -0.39 is 0 Å². The second-order valence-corrected chi connectivity index (χ2v) is 7.52. The lowest BCUT2D eigenvalue weighted by Crippen LogP contribution is -2.41. The van der Waals surface area contributed by atoms with Gasteiger partial charge in [-0.3, -0.25) is 14.5 Å². The maximum atomic E-state index is 12.3. The number of nitrogens with zero attached hydrogens (tertiary/aromatic N) is 2. The Labute approximate surface area is 157 Å². The van der Waals surface area contributed by atoms with E-state index in [4.69, 9.17) is 0 Å². The first-order chi connectivity index (χ1) is 12.5. The summed E-state index contributed by atoms with van der Waals surface area (Å²) < 4.78 is 0. The zero-order valence-corrected chi connectivity index (χ0v) is 16.5. The maximum absolute atomic E-state index is 12.3. The minimum atomic E-state index is -0.00999. The van der Waals surface area contributed by atoms with Gasteiger partial charge in [-0.1, -0.05) is 25.5 Å². The monoisotopic (exact) mass is 359 g/mol. The van der Waals surface area contributed by atoms with E-state index in [2.05, 4.69) is 29.1 Å². The Kier molecular flexibility index (Phi) is 8.26. The van der Waals surface area contributed by atoms with Gasteiger partial charge in [0.25, 0.3) is 0 Å². The molecule has 1 amide bonds. The first-order valence-corrected chi connectivity index (χ1v) is 9.79. The van der Waals surface area contributed by atoms with Crippen molar-refractivity contribution in [3.8, 4) is 0 Å². The van der Waals surface area contributed by atoms with Gasteiger partial charge in [-0.05, 0) is 70.9 Å². The number of unbranched alkanes of at least 4 members (excludes halogenated alkanes) is 1. The fourth-order valence-corrected chi connectivity index (χ4v) is 3.51. The fourth-order valence-electron chi connectivity index (χ4n) is 3.51. The third kappa shape index (κ3) is 6.89. The number of Topliss-reactive ketones (excluding diaryl/α,β-unsaturated/α-hetero) is 1. The van der Waals surface area contributed by atoms with Crippen LogP contribution < -0.4 is 5.32 Å². The lowest BCUT2D eigenvalue weighted by atomic mass is 9.96. The average molecular weight is 360 g/mol. The van der Waals surface area contributed by atoms with Gasteiger partial charge in [-0.2, -0.15) is 0 Å². The van der Waals surface area contributed by atoms with Crippen molar-refractivity contribution in [2.75, 3.05) is 45.1 Å². The molecule has 0 aliphatic carbocycles. The molecule has 2 rings (SSSR count). The third-order valence-electron chi connectivity index (χ3n) is 5.09. The van der Waals surface area contributed by atoms with E-state index in [1.807, 2.05) is 6.07 Å². The molecule has 26 heavy (non-hydrogen) atoms. The highest BCUT2D eigenvalue weighted by Gasteiger charge is 2.21. The van der Waals surface area contributed by atoms with Crippen LogP contribution in [0.15, 0.2) is 24.3 Å². The molecule has 5 nitrogen and oxygen atoms in total. The number of hydrogen-bond acceptors (Lipinski definition) is 4. The van der Waals surface area contributed by atoms with Crippen molar-refractivity contribution in [2.24, 2.45) is 5.92 Å². The lowest BCUT2D eigenvalue weighted by molar-refractivity contribution is -0.117. The molecule has 0 radical (unpaired) electrons. The Morgan fingerprint density at radius 2 is 2.00 bits per heavy atom. The molecule has 0 saturated carbocycles. The Bertz CT molecular complexity index is 595. The summed E-state index contributed by atoms with van der Waals surface area (Å²) in [5.41, 5.74) is 1.31. The summed E-state index contributed by atoms with van der Waals surface area (Å²) in [6, 6.07) is 7.12. The SMILES string of the molecule is CCCCN(C)CC1CCN(CC(=O)Nc2cccc(C(C)=O)c2)CC1. The molecule has 1 saturated heterocycles. The van der Waals surface area contributed by atoms with E-state index in [0.717, 1.165) is 38.4 Å². The lowest BCUT2D eigenvalue weighted by Gasteiger charge is -2.33. The number of ketones is 1. The van der Waals surface area contributed by atoms with Gasteiger partial charge in [0.2, 0.25) is 5.91 Å².